The number of Topliss-reactive ketones (excluding diaryl/α,β-unsaturated/α-hetero) is 1. The molecule has 1 spiro atoms. The number of ketones is 1. The second-order valence-corrected chi connectivity index (χ2v) is 5.03. The Kier molecular flexibility index (Phi) is 3.02. The molecule has 0 saturated carbocycles. The quantitative estimate of drug-likeness (QED) is 0.526. The van der Waals surface area contributed by atoms with Crippen LogP contribution in [0.2, 0.25) is 0 Å². The molecule has 0 radical (unpaired) electrons. The summed E-state index contributed by atoms with van der Waals surface area (Å²) in [5.41, 5.74) is -0.412. The second kappa shape index (κ2) is 4.17. The molecule has 0 bridgehead atoms. The van der Waals surface area contributed by atoms with E-state index >= 15 is 0 Å². The van der Waals surface area contributed by atoms with Crippen molar-refractivity contribution in [1.82, 2.24) is 0 Å². The van der Waals surface area contributed by atoms with E-state index in [-0.39, 0.29) is 17.7 Å². The van der Waals surface area contributed by atoms with Gasteiger partial charge < -0.3 is 9.47 Å². The predicted molar refractivity (Wildman–Crippen MR) is 56.8 cm³/mol. The summed E-state index contributed by atoms with van der Waals surface area (Å²) in [4.78, 5) is 23.6. The maximum atomic E-state index is 11.8. The summed E-state index contributed by atoms with van der Waals surface area (Å²) in [7, 11) is 0. The highest BCUT2D eigenvalue weighted by atomic mass is 16.6. The van der Waals surface area contributed by atoms with Crippen molar-refractivity contribution in [2.45, 2.75) is 38.7 Å². The van der Waals surface area contributed by atoms with Gasteiger partial charge in [0.2, 0.25) is 0 Å². The van der Waals surface area contributed by atoms with Gasteiger partial charge in [0.1, 0.15) is 17.3 Å². The van der Waals surface area contributed by atoms with Crippen LogP contribution in [-0.2, 0) is 19.1 Å². The zero-order valence-electron chi connectivity index (χ0n) is 9.82. The molecule has 4 nitrogen and oxygen atoms in total. The highest BCUT2D eigenvalue weighted by Gasteiger charge is 2.50. The van der Waals surface area contributed by atoms with E-state index in [1.165, 1.54) is 0 Å². The minimum Gasteiger partial charge on any atom is -0.458 e. The highest BCUT2D eigenvalue weighted by Crippen LogP contribution is 2.39. The fourth-order valence-electron chi connectivity index (χ4n) is 2.45. The van der Waals surface area contributed by atoms with Gasteiger partial charge in [-0.05, 0) is 0 Å². The Labute approximate surface area is 95.3 Å². The zero-order valence-corrected chi connectivity index (χ0v) is 9.82. The van der Waals surface area contributed by atoms with Crippen LogP contribution in [0.4, 0.5) is 0 Å². The van der Waals surface area contributed by atoms with Gasteiger partial charge in [-0.15, -0.1) is 0 Å². The molecule has 2 aliphatic rings. The van der Waals surface area contributed by atoms with Crippen LogP contribution in [0.1, 0.15) is 33.1 Å². The molecule has 0 N–H and O–H groups in total. The lowest BCUT2D eigenvalue weighted by atomic mass is 9.83. The molecule has 0 aromatic rings. The van der Waals surface area contributed by atoms with Crippen molar-refractivity contribution in [3.05, 3.63) is 0 Å². The van der Waals surface area contributed by atoms with Gasteiger partial charge in [0.25, 0.3) is 0 Å². The van der Waals surface area contributed by atoms with Gasteiger partial charge in [0.05, 0.1) is 13.2 Å². The lowest BCUT2D eigenvalue weighted by Crippen LogP contribution is -2.36. The topological polar surface area (TPSA) is 52.6 Å². The maximum Gasteiger partial charge on any atom is 0.317 e. The molecule has 2 fully saturated rings. The Morgan fingerprint density at radius 2 is 2.00 bits per heavy atom. The van der Waals surface area contributed by atoms with Crippen LogP contribution in [0.15, 0.2) is 0 Å². The van der Waals surface area contributed by atoms with Crippen LogP contribution in [0.25, 0.3) is 0 Å². The minimum atomic E-state index is -0.543. The molecule has 90 valence electrons. The van der Waals surface area contributed by atoms with E-state index in [0.717, 1.165) is 12.8 Å². The molecule has 2 rings (SSSR count). The molecule has 0 aromatic carbocycles. The zero-order chi connectivity index (χ0) is 11.8. The lowest BCUT2D eigenvalue weighted by Gasteiger charge is -2.31. The number of hydrogen-bond acceptors (Lipinski definition) is 4. The van der Waals surface area contributed by atoms with Gasteiger partial charge in [-0.25, -0.2) is 0 Å². The Morgan fingerprint density at radius 3 is 2.56 bits per heavy atom. The van der Waals surface area contributed by atoms with Gasteiger partial charge in [-0.1, -0.05) is 13.8 Å². The molecule has 16 heavy (non-hydrogen) atoms. The minimum absolute atomic E-state index is 0.00775. The molecule has 4 heteroatoms. The molecule has 0 amide bonds. The number of hydrogen-bond donors (Lipinski definition) is 0. The van der Waals surface area contributed by atoms with Crippen molar-refractivity contribution in [1.29, 1.82) is 0 Å². The Bertz CT molecular complexity index is 302. The van der Waals surface area contributed by atoms with Crippen molar-refractivity contribution in [2.75, 3.05) is 13.2 Å². The Hall–Kier alpha value is -0.900. The standard InChI is InChI=1S/C12H18O4/c1-8(2)10(13)9-7-12(16-11(9)14)3-5-15-6-4-12/h8-9H,3-7H2,1-2H3/t9-/m0/s1. The summed E-state index contributed by atoms with van der Waals surface area (Å²) < 4.78 is 10.7. The first-order chi connectivity index (χ1) is 7.54. The second-order valence-electron chi connectivity index (χ2n) is 5.03. The third-order valence-electron chi connectivity index (χ3n) is 3.49. The third kappa shape index (κ3) is 1.98. The van der Waals surface area contributed by atoms with Gasteiger partial charge in [-0.2, -0.15) is 0 Å². The maximum absolute atomic E-state index is 11.8. The van der Waals surface area contributed by atoms with E-state index in [4.69, 9.17) is 9.47 Å². The van der Waals surface area contributed by atoms with Gasteiger partial charge in [-0.3, -0.25) is 9.59 Å². The summed E-state index contributed by atoms with van der Waals surface area (Å²) in [5.74, 6) is -0.973. The monoisotopic (exact) mass is 226 g/mol. The van der Waals surface area contributed by atoms with Crippen LogP contribution >= 0.6 is 0 Å². The third-order valence-corrected chi connectivity index (χ3v) is 3.49. The molecule has 2 saturated heterocycles. The molecule has 0 aromatic heterocycles. The highest BCUT2D eigenvalue weighted by molar-refractivity contribution is 6.01. The fourth-order valence-corrected chi connectivity index (χ4v) is 2.45. The van der Waals surface area contributed by atoms with E-state index in [2.05, 4.69) is 0 Å². The van der Waals surface area contributed by atoms with Crippen molar-refractivity contribution >= 4 is 11.8 Å². The lowest BCUT2D eigenvalue weighted by molar-refractivity contribution is -0.157. The first-order valence-electron chi connectivity index (χ1n) is 5.88. The van der Waals surface area contributed by atoms with Crippen LogP contribution in [0.3, 0.4) is 0 Å². The van der Waals surface area contributed by atoms with Gasteiger partial charge in [0, 0.05) is 25.2 Å². The van der Waals surface area contributed by atoms with E-state index in [0.29, 0.717) is 19.6 Å². The summed E-state index contributed by atoms with van der Waals surface area (Å²) in [6.07, 6.45) is 1.99. The molecule has 2 heterocycles. The SMILES string of the molecule is CC(C)C(=O)[C@@H]1CC2(CCOCC2)OC1=O. The molecule has 0 aliphatic carbocycles. The summed E-state index contributed by atoms with van der Waals surface area (Å²) in [6, 6.07) is 0. The number of esters is 1. The van der Waals surface area contributed by atoms with E-state index in [1.54, 1.807) is 0 Å². The Morgan fingerprint density at radius 1 is 1.38 bits per heavy atom. The van der Waals surface area contributed by atoms with Crippen LogP contribution < -0.4 is 0 Å². The molecule has 1 atom stereocenters. The first-order valence-corrected chi connectivity index (χ1v) is 5.88. The number of ether oxygens (including phenoxy) is 2. The van der Waals surface area contributed by atoms with Crippen molar-refractivity contribution in [3.8, 4) is 0 Å². The summed E-state index contributed by atoms with van der Waals surface area (Å²) >= 11 is 0. The van der Waals surface area contributed by atoms with E-state index < -0.39 is 11.5 Å². The predicted octanol–water partition coefficient (Wildman–Crippen LogP) is 1.32. The molecular formula is C12H18O4. The normalized spacial score (nSPS) is 28.4. The summed E-state index contributed by atoms with van der Waals surface area (Å²) in [5, 5.41) is 0. The van der Waals surface area contributed by atoms with E-state index in [9.17, 15) is 9.59 Å². The van der Waals surface area contributed by atoms with Crippen LogP contribution in [-0.4, -0.2) is 30.6 Å². The number of carbonyl (C=O) groups is 2. The molecular weight excluding hydrogens is 208 g/mol. The first kappa shape index (κ1) is 11.6. The van der Waals surface area contributed by atoms with Crippen LogP contribution in [0.5, 0.6) is 0 Å². The average Bonchev–Trinajstić information content (AvgIpc) is 2.55. The van der Waals surface area contributed by atoms with E-state index in [1.807, 2.05) is 13.8 Å². The average molecular weight is 226 g/mol. The number of carbonyl (C=O) groups excluding carboxylic acids is 2. The van der Waals surface area contributed by atoms with Crippen molar-refractivity contribution in [2.24, 2.45) is 11.8 Å². The van der Waals surface area contributed by atoms with Gasteiger partial charge >= 0.3 is 5.97 Å². The summed E-state index contributed by atoms with van der Waals surface area (Å²) in [6.45, 7) is 4.89. The largest absolute Gasteiger partial charge is 0.458 e. The van der Waals surface area contributed by atoms with Crippen molar-refractivity contribution < 1.29 is 19.1 Å². The molecule has 2 aliphatic heterocycles. The Balaban J connectivity index is 2.09. The van der Waals surface area contributed by atoms with Gasteiger partial charge in [0.15, 0.2) is 0 Å². The molecule has 0 unspecified atom stereocenters. The van der Waals surface area contributed by atoms with Crippen LogP contribution in [0, 0.1) is 11.8 Å². The van der Waals surface area contributed by atoms with Crippen molar-refractivity contribution in [3.63, 3.8) is 0 Å². The smallest absolute Gasteiger partial charge is 0.317 e. The fraction of sp³-hybridized carbons (Fsp3) is 0.833. The number of rotatable bonds is 2.